The smallest absolute Gasteiger partial charge is 0.242 e. The van der Waals surface area contributed by atoms with Crippen molar-refractivity contribution in [3.05, 3.63) is 47.8 Å². The molecule has 0 aliphatic carbocycles. The lowest BCUT2D eigenvalue weighted by molar-refractivity contribution is -0.131. The Morgan fingerprint density at radius 1 is 1.26 bits per heavy atom. The number of hydrogen-bond acceptors (Lipinski definition) is 5. The van der Waals surface area contributed by atoms with Gasteiger partial charge in [-0.25, -0.2) is 9.97 Å². The molecule has 1 amide bonds. The normalized spacial score (nSPS) is 15.0. The highest BCUT2D eigenvalue weighted by Gasteiger charge is 2.25. The van der Waals surface area contributed by atoms with Crippen LogP contribution in [0.25, 0.3) is 0 Å². The molecule has 1 fully saturated rings. The molecule has 0 unspecified atom stereocenters. The standard InChI is InChI=1S/C17H20N4O2/c1-13-6-7-18-17(19-13)21-9-8-20(16(22)12-21)11-14-4-3-5-15(10-14)23-2/h3-7,10H,8-9,11-12H2,1-2H3. The lowest BCUT2D eigenvalue weighted by Gasteiger charge is -2.34. The summed E-state index contributed by atoms with van der Waals surface area (Å²) in [5.74, 6) is 1.52. The summed E-state index contributed by atoms with van der Waals surface area (Å²) in [5, 5.41) is 0. The number of rotatable bonds is 4. The summed E-state index contributed by atoms with van der Waals surface area (Å²) in [6, 6.07) is 9.66. The number of aromatic nitrogens is 2. The van der Waals surface area contributed by atoms with Gasteiger partial charge in [-0.15, -0.1) is 0 Å². The average Bonchev–Trinajstić information content (AvgIpc) is 2.57. The minimum Gasteiger partial charge on any atom is -0.497 e. The average molecular weight is 312 g/mol. The van der Waals surface area contributed by atoms with E-state index in [0.29, 0.717) is 25.6 Å². The number of carbonyl (C=O) groups excluding carboxylic acids is 1. The van der Waals surface area contributed by atoms with E-state index >= 15 is 0 Å². The van der Waals surface area contributed by atoms with Gasteiger partial charge in [0.15, 0.2) is 0 Å². The topological polar surface area (TPSA) is 58.6 Å². The van der Waals surface area contributed by atoms with Crippen LogP contribution in [0.3, 0.4) is 0 Å². The van der Waals surface area contributed by atoms with Crippen molar-refractivity contribution in [3.8, 4) is 5.75 Å². The number of piperazine rings is 1. The van der Waals surface area contributed by atoms with Gasteiger partial charge in [0.05, 0.1) is 7.11 Å². The highest BCUT2D eigenvalue weighted by Crippen LogP contribution is 2.17. The Morgan fingerprint density at radius 3 is 2.87 bits per heavy atom. The molecular weight excluding hydrogens is 292 g/mol. The van der Waals surface area contributed by atoms with Crippen molar-refractivity contribution in [2.45, 2.75) is 13.5 Å². The zero-order valence-corrected chi connectivity index (χ0v) is 13.4. The minimum absolute atomic E-state index is 0.0872. The zero-order valence-electron chi connectivity index (χ0n) is 13.4. The summed E-state index contributed by atoms with van der Waals surface area (Å²) in [6.07, 6.45) is 1.73. The summed E-state index contributed by atoms with van der Waals surface area (Å²) in [7, 11) is 1.64. The molecule has 0 N–H and O–H groups in total. The number of anilines is 1. The molecule has 0 saturated carbocycles. The summed E-state index contributed by atoms with van der Waals surface area (Å²) >= 11 is 0. The van der Waals surface area contributed by atoms with Gasteiger partial charge in [-0.3, -0.25) is 4.79 Å². The second-order valence-corrected chi connectivity index (χ2v) is 5.59. The van der Waals surface area contributed by atoms with Crippen molar-refractivity contribution in [3.63, 3.8) is 0 Å². The van der Waals surface area contributed by atoms with Crippen LogP contribution in [0.5, 0.6) is 5.75 Å². The number of nitrogens with zero attached hydrogens (tertiary/aromatic N) is 4. The van der Waals surface area contributed by atoms with Gasteiger partial charge < -0.3 is 14.5 Å². The predicted molar refractivity (Wildman–Crippen MR) is 87.4 cm³/mol. The molecule has 3 rings (SSSR count). The molecule has 1 saturated heterocycles. The summed E-state index contributed by atoms with van der Waals surface area (Å²) in [5.41, 5.74) is 1.97. The lowest BCUT2D eigenvalue weighted by Crippen LogP contribution is -2.50. The van der Waals surface area contributed by atoms with Crippen molar-refractivity contribution in [1.82, 2.24) is 14.9 Å². The second kappa shape index (κ2) is 6.64. The van der Waals surface area contributed by atoms with Crippen LogP contribution in [-0.4, -0.2) is 47.5 Å². The van der Waals surface area contributed by atoms with E-state index in [1.165, 1.54) is 0 Å². The van der Waals surface area contributed by atoms with E-state index in [1.54, 1.807) is 13.3 Å². The van der Waals surface area contributed by atoms with Gasteiger partial charge in [0.2, 0.25) is 11.9 Å². The summed E-state index contributed by atoms with van der Waals surface area (Å²) in [6.45, 7) is 4.23. The number of ether oxygens (including phenoxy) is 1. The monoisotopic (exact) mass is 312 g/mol. The molecule has 0 atom stereocenters. The summed E-state index contributed by atoms with van der Waals surface area (Å²) < 4.78 is 5.23. The van der Waals surface area contributed by atoms with Gasteiger partial charge in [-0.1, -0.05) is 12.1 Å². The molecule has 1 aromatic carbocycles. The van der Waals surface area contributed by atoms with E-state index < -0.39 is 0 Å². The Bertz CT molecular complexity index is 704. The molecule has 2 heterocycles. The first kappa shape index (κ1) is 15.3. The Kier molecular flexibility index (Phi) is 4.41. The third-order valence-corrected chi connectivity index (χ3v) is 3.89. The fourth-order valence-corrected chi connectivity index (χ4v) is 2.63. The molecule has 2 aromatic rings. The van der Waals surface area contributed by atoms with Gasteiger partial charge in [-0.05, 0) is 30.7 Å². The number of methoxy groups -OCH3 is 1. The van der Waals surface area contributed by atoms with E-state index in [4.69, 9.17) is 4.74 Å². The highest BCUT2D eigenvalue weighted by molar-refractivity contribution is 5.82. The van der Waals surface area contributed by atoms with Crippen LogP contribution in [0.4, 0.5) is 5.95 Å². The molecule has 1 aromatic heterocycles. The molecule has 6 heteroatoms. The Labute approximate surface area is 135 Å². The van der Waals surface area contributed by atoms with Gasteiger partial charge in [0, 0.05) is 31.5 Å². The zero-order chi connectivity index (χ0) is 16.2. The third kappa shape index (κ3) is 3.59. The van der Waals surface area contributed by atoms with Gasteiger partial charge in [-0.2, -0.15) is 0 Å². The predicted octanol–water partition coefficient (Wildman–Crippen LogP) is 1.64. The van der Waals surface area contributed by atoms with Crippen molar-refractivity contribution in [1.29, 1.82) is 0 Å². The van der Waals surface area contributed by atoms with Crippen LogP contribution >= 0.6 is 0 Å². The lowest BCUT2D eigenvalue weighted by atomic mass is 10.2. The molecule has 0 bridgehead atoms. The quantitative estimate of drug-likeness (QED) is 0.859. The van der Waals surface area contributed by atoms with E-state index in [0.717, 1.165) is 23.6 Å². The third-order valence-electron chi connectivity index (χ3n) is 3.89. The largest absolute Gasteiger partial charge is 0.497 e. The van der Waals surface area contributed by atoms with Crippen molar-refractivity contribution in [2.24, 2.45) is 0 Å². The first-order valence-electron chi connectivity index (χ1n) is 7.61. The van der Waals surface area contributed by atoms with Crippen LogP contribution < -0.4 is 9.64 Å². The van der Waals surface area contributed by atoms with Gasteiger partial charge in [0.25, 0.3) is 0 Å². The molecule has 23 heavy (non-hydrogen) atoms. The Balaban J connectivity index is 1.65. The van der Waals surface area contributed by atoms with Crippen LogP contribution in [0.2, 0.25) is 0 Å². The van der Waals surface area contributed by atoms with Crippen LogP contribution in [0.15, 0.2) is 36.5 Å². The van der Waals surface area contributed by atoms with E-state index in [9.17, 15) is 4.79 Å². The number of hydrogen-bond donors (Lipinski definition) is 0. The van der Waals surface area contributed by atoms with E-state index in [1.807, 2.05) is 47.1 Å². The Hall–Kier alpha value is -2.63. The SMILES string of the molecule is COc1cccc(CN2CCN(c3nccc(C)n3)CC2=O)c1. The molecule has 0 spiro atoms. The summed E-state index contributed by atoms with van der Waals surface area (Å²) in [4.78, 5) is 24.9. The number of carbonyl (C=O) groups is 1. The second-order valence-electron chi connectivity index (χ2n) is 5.59. The van der Waals surface area contributed by atoms with Crippen molar-refractivity contribution >= 4 is 11.9 Å². The van der Waals surface area contributed by atoms with Gasteiger partial charge >= 0.3 is 0 Å². The van der Waals surface area contributed by atoms with E-state index in [-0.39, 0.29) is 5.91 Å². The highest BCUT2D eigenvalue weighted by atomic mass is 16.5. The number of aryl methyl sites for hydroxylation is 1. The molecular formula is C17H20N4O2. The maximum Gasteiger partial charge on any atom is 0.242 e. The first-order chi connectivity index (χ1) is 11.2. The fraction of sp³-hybridized carbons (Fsp3) is 0.353. The minimum atomic E-state index is 0.0872. The maximum atomic E-state index is 12.4. The number of amides is 1. The molecule has 1 aliphatic heterocycles. The van der Waals surface area contributed by atoms with E-state index in [2.05, 4.69) is 9.97 Å². The number of benzene rings is 1. The maximum absolute atomic E-state index is 12.4. The van der Waals surface area contributed by atoms with Crippen LogP contribution in [-0.2, 0) is 11.3 Å². The first-order valence-corrected chi connectivity index (χ1v) is 7.61. The van der Waals surface area contributed by atoms with Crippen LogP contribution in [0.1, 0.15) is 11.3 Å². The molecule has 0 radical (unpaired) electrons. The van der Waals surface area contributed by atoms with Crippen molar-refractivity contribution in [2.75, 3.05) is 31.6 Å². The fourth-order valence-electron chi connectivity index (χ4n) is 2.63. The Morgan fingerprint density at radius 2 is 2.13 bits per heavy atom. The molecule has 1 aliphatic rings. The van der Waals surface area contributed by atoms with Crippen LogP contribution in [0, 0.1) is 6.92 Å². The van der Waals surface area contributed by atoms with Crippen molar-refractivity contribution < 1.29 is 9.53 Å². The molecule has 120 valence electrons. The molecule has 6 nitrogen and oxygen atoms in total. The van der Waals surface area contributed by atoms with Gasteiger partial charge in [0.1, 0.15) is 12.3 Å².